The van der Waals surface area contributed by atoms with Crippen LogP contribution < -0.4 is 4.90 Å². The Bertz CT molecular complexity index is 407. The maximum Gasteiger partial charge on any atom is 0.236 e. The molecule has 0 spiro atoms. The molecule has 2 rings (SSSR count). The molecule has 2 heteroatoms. The normalized spacial score (nSPS) is 16.6. The van der Waals surface area contributed by atoms with Crippen molar-refractivity contribution in [2.45, 2.75) is 40.0 Å². The predicted molar refractivity (Wildman–Crippen MR) is 69.0 cm³/mol. The summed E-state index contributed by atoms with van der Waals surface area (Å²) in [7, 11) is 1.84. The van der Waals surface area contributed by atoms with Crippen LogP contribution in [-0.2, 0) is 10.2 Å². The molecule has 0 saturated carbocycles. The minimum Gasteiger partial charge on any atom is -0.314 e. The van der Waals surface area contributed by atoms with E-state index in [1.165, 1.54) is 5.56 Å². The van der Waals surface area contributed by atoms with E-state index in [0.29, 0.717) is 0 Å². The molecule has 2 nitrogen and oxygen atoms in total. The number of nitrogens with zero attached hydrogens (tertiary/aromatic N) is 1. The third-order valence-corrected chi connectivity index (χ3v) is 3.03. The van der Waals surface area contributed by atoms with E-state index in [1.54, 1.807) is 4.90 Å². The van der Waals surface area contributed by atoms with Crippen molar-refractivity contribution in [3.8, 4) is 0 Å². The number of likely N-dealkylation sites (N-methyl/N-ethyl adjacent to an activating group) is 1. The summed E-state index contributed by atoms with van der Waals surface area (Å²) in [5.41, 5.74) is 3.03. The van der Waals surface area contributed by atoms with E-state index in [9.17, 15) is 4.79 Å². The van der Waals surface area contributed by atoms with Gasteiger partial charge in [-0.2, -0.15) is 0 Å². The van der Waals surface area contributed by atoms with E-state index in [-0.39, 0.29) is 11.3 Å². The van der Waals surface area contributed by atoms with E-state index in [0.717, 1.165) is 11.3 Å². The summed E-state index contributed by atoms with van der Waals surface area (Å²) in [6, 6.07) is 6.18. The Morgan fingerprint density at radius 2 is 1.75 bits per heavy atom. The van der Waals surface area contributed by atoms with E-state index in [2.05, 4.69) is 13.0 Å². The molecule has 1 amide bonds. The quantitative estimate of drug-likeness (QED) is 0.655. The summed E-state index contributed by atoms with van der Waals surface area (Å²) in [5.74, 6) is 0.179. The lowest BCUT2D eigenvalue weighted by Gasteiger charge is -2.16. The van der Waals surface area contributed by atoms with Gasteiger partial charge in [-0.3, -0.25) is 4.79 Å². The van der Waals surface area contributed by atoms with Crippen molar-refractivity contribution in [2.24, 2.45) is 0 Å². The van der Waals surface area contributed by atoms with Gasteiger partial charge in [0.2, 0.25) is 5.91 Å². The fraction of sp³-hybridized carbons (Fsp3) is 0.500. The maximum atomic E-state index is 11.9. The Hall–Kier alpha value is -1.31. The van der Waals surface area contributed by atoms with Crippen LogP contribution in [0.3, 0.4) is 0 Å². The van der Waals surface area contributed by atoms with Crippen molar-refractivity contribution >= 4 is 11.6 Å². The molecular weight excluding hydrogens is 198 g/mol. The average Bonchev–Trinajstić information content (AvgIpc) is 2.44. The van der Waals surface area contributed by atoms with E-state index >= 15 is 0 Å². The number of rotatable bonds is 0. The van der Waals surface area contributed by atoms with Gasteiger partial charge in [0.15, 0.2) is 0 Å². The first-order chi connectivity index (χ1) is 7.44. The first-order valence-corrected chi connectivity index (χ1v) is 5.84. The topological polar surface area (TPSA) is 20.3 Å². The van der Waals surface area contributed by atoms with Crippen molar-refractivity contribution in [1.29, 1.82) is 0 Å². The fourth-order valence-electron chi connectivity index (χ4n) is 2.09. The van der Waals surface area contributed by atoms with Gasteiger partial charge in [-0.05, 0) is 32.4 Å². The Morgan fingerprint density at radius 1 is 1.19 bits per heavy atom. The number of hydrogen-bond donors (Lipinski definition) is 0. The summed E-state index contributed by atoms with van der Waals surface area (Å²) in [6.45, 7) is 10.0. The van der Waals surface area contributed by atoms with Crippen molar-refractivity contribution in [3.63, 3.8) is 0 Å². The summed E-state index contributed by atoms with van der Waals surface area (Å²) < 4.78 is 0. The number of hydrogen-bond acceptors (Lipinski definition) is 1. The average molecular weight is 219 g/mol. The van der Waals surface area contributed by atoms with Gasteiger partial charge in [0.1, 0.15) is 0 Å². The monoisotopic (exact) mass is 219 g/mol. The van der Waals surface area contributed by atoms with Crippen LogP contribution >= 0.6 is 0 Å². The number of benzene rings is 1. The Kier molecular flexibility index (Phi) is 3.41. The number of carbonyl (C=O) groups excluding carboxylic acids is 1. The lowest BCUT2D eigenvalue weighted by Crippen LogP contribution is -2.33. The molecule has 1 aliphatic heterocycles. The second-order valence-electron chi connectivity index (χ2n) is 4.51. The van der Waals surface area contributed by atoms with E-state index in [4.69, 9.17) is 0 Å². The Morgan fingerprint density at radius 3 is 2.31 bits per heavy atom. The summed E-state index contributed by atoms with van der Waals surface area (Å²) in [5, 5.41) is 0. The molecule has 1 aromatic carbocycles. The lowest BCUT2D eigenvalue weighted by molar-refractivity contribution is -0.121. The van der Waals surface area contributed by atoms with Gasteiger partial charge in [-0.1, -0.05) is 31.5 Å². The summed E-state index contributed by atoms with van der Waals surface area (Å²) in [4.78, 5) is 13.7. The highest BCUT2D eigenvalue weighted by atomic mass is 16.2. The van der Waals surface area contributed by atoms with Crippen LogP contribution in [0.15, 0.2) is 18.2 Å². The highest BCUT2D eigenvalue weighted by Crippen LogP contribution is 2.40. The number of anilines is 1. The maximum absolute atomic E-state index is 11.9. The molecular formula is C14H21NO. The molecule has 0 N–H and O–H groups in total. The molecule has 0 radical (unpaired) electrons. The molecule has 1 aromatic rings. The van der Waals surface area contributed by atoms with Gasteiger partial charge in [0.25, 0.3) is 0 Å². The molecule has 16 heavy (non-hydrogen) atoms. The SMILES string of the molecule is CC.Cc1ccc2c(c1)C(C)(C)C(=O)N2C. The van der Waals surface area contributed by atoms with E-state index in [1.807, 2.05) is 46.9 Å². The molecule has 1 heterocycles. The third-order valence-electron chi connectivity index (χ3n) is 3.03. The van der Waals surface area contributed by atoms with Crippen molar-refractivity contribution < 1.29 is 4.79 Å². The first-order valence-electron chi connectivity index (χ1n) is 5.84. The zero-order valence-corrected chi connectivity index (χ0v) is 11.1. The number of aryl methyl sites for hydroxylation is 1. The van der Waals surface area contributed by atoms with Crippen LogP contribution in [-0.4, -0.2) is 13.0 Å². The Balaban J connectivity index is 0.000000606. The number of fused-ring (bicyclic) bond motifs is 1. The second-order valence-corrected chi connectivity index (χ2v) is 4.51. The highest BCUT2D eigenvalue weighted by molar-refractivity contribution is 6.07. The van der Waals surface area contributed by atoms with Crippen LogP contribution in [0.25, 0.3) is 0 Å². The molecule has 88 valence electrons. The number of carbonyl (C=O) groups is 1. The van der Waals surface area contributed by atoms with Gasteiger partial charge < -0.3 is 4.90 Å². The zero-order valence-electron chi connectivity index (χ0n) is 11.1. The van der Waals surface area contributed by atoms with Gasteiger partial charge in [-0.15, -0.1) is 0 Å². The standard InChI is InChI=1S/C12H15NO.C2H6/c1-8-5-6-10-9(7-8)12(2,3)11(14)13(10)4;1-2/h5-7H,1-4H3;1-2H3. The van der Waals surface area contributed by atoms with Crippen LogP contribution in [0, 0.1) is 6.92 Å². The smallest absolute Gasteiger partial charge is 0.236 e. The molecule has 0 aliphatic carbocycles. The second kappa shape index (κ2) is 4.28. The van der Waals surface area contributed by atoms with Crippen LogP contribution in [0.1, 0.15) is 38.8 Å². The zero-order chi connectivity index (χ0) is 12.5. The predicted octanol–water partition coefficient (Wildman–Crippen LogP) is 3.28. The molecule has 0 unspecified atom stereocenters. The largest absolute Gasteiger partial charge is 0.314 e. The van der Waals surface area contributed by atoms with Crippen molar-refractivity contribution in [1.82, 2.24) is 0 Å². The lowest BCUT2D eigenvalue weighted by atomic mass is 9.85. The minimum absolute atomic E-state index is 0.179. The minimum atomic E-state index is -0.365. The summed E-state index contributed by atoms with van der Waals surface area (Å²) >= 11 is 0. The highest BCUT2D eigenvalue weighted by Gasteiger charge is 2.41. The third kappa shape index (κ3) is 1.73. The van der Waals surface area contributed by atoms with Crippen molar-refractivity contribution in [3.05, 3.63) is 29.3 Å². The van der Waals surface area contributed by atoms with Gasteiger partial charge >= 0.3 is 0 Å². The fourth-order valence-corrected chi connectivity index (χ4v) is 2.09. The summed E-state index contributed by atoms with van der Waals surface area (Å²) in [6.07, 6.45) is 0. The van der Waals surface area contributed by atoms with Crippen molar-refractivity contribution in [2.75, 3.05) is 11.9 Å². The molecule has 0 aromatic heterocycles. The first kappa shape index (κ1) is 12.8. The molecule has 0 saturated heterocycles. The molecule has 1 aliphatic rings. The van der Waals surface area contributed by atoms with Crippen LogP contribution in [0.4, 0.5) is 5.69 Å². The molecule has 0 fully saturated rings. The van der Waals surface area contributed by atoms with Gasteiger partial charge in [-0.25, -0.2) is 0 Å². The molecule has 0 atom stereocenters. The molecule has 0 bridgehead atoms. The van der Waals surface area contributed by atoms with Gasteiger partial charge in [0, 0.05) is 12.7 Å². The van der Waals surface area contributed by atoms with Gasteiger partial charge in [0.05, 0.1) is 5.41 Å². The Labute approximate surface area is 98.3 Å². The van der Waals surface area contributed by atoms with E-state index < -0.39 is 0 Å². The van der Waals surface area contributed by atoms with Crippen LogP contribution in [0.5, 0.6) is 0 Å². The van der Waals surface area contributed by atoms with Crippen LogP contribution in [0.2, 0.25) is 0 Å². The number of amides is 1.